The molecule has 25 heavy (non-hydrogen) atoms. The molecule has 0 bridgehead atoms. The number of carbonyl (C=O) groups is 3. The molecular formula is C19H19NO5. The molecule has 0 saturated carbocycles. The zero-order chi connectivity index (χ0) is 18.2. The van der Waals surface area contributed by atoms with Crippen molar-refractivity contribution in [3.8, 4) is 0 Å². The van der Waals surface area contributed by atoms with Crippen molar-refractivity contribution in [3.63, 3.8) is 0 Å². The van der Waals surface area contributed by atoms with Gasteiger partial charge in [-0.1, -0.05) is 54.1 Å². The Hall–Kier alpha value is -3.15. The predicted octanol–water partition coefficient (Wildman–Crippen LogP) is 2.95. The molecule has 2 rings (SSSR count). The van der Waals surface area contributed by atoms with Crippen LogP contribution in [0.25, 0.3) is 0 Å². The Balaban J connectivity index is 1.92. The van der Waals surface area contributed by atoms with Crippen LogP contribution in [0.4, 0.5) is 4.79 Å². The third kappa shape index (κ3) is 5.76. The maximum absolute atomic E-state index is 12.2. The molecule has 6 heteroatoms. The molecule has 2 aromatic carbocycles. The van der Waals surface area contributed by atoms with Crippen LogP contribution in [0.15, 0.2) is 54.6 Å². The molecule has 0 heterocycles. The number of benzene rings is 2. The Kier molecular flexibility index (Phi) is 6.28. The monoisotopic (exact) mass is 341 g/mol. The maximum Gasteiger partial charge on any atom is 0.408 e. The fraction of sp³-hybridized carbons (Fsp3) is 0.211. The highest BCUT2D eigenvalue weighted by Crippen LogP contribution is 2.09. The Labute approximate surface area is 145 Å². The van der Waals surface area contributed by atoms with Crippen LogP contribution in [0, 0.1) is 6.92 Å². The topological polar surface area (TPSA) is 92.7 Å². The van der Waals surface area contributed by atoms with Crippen LogP contribution in [0.1, 0.15) is 27.9 Å². The van der Waals surface area contributed by atoms with Crippen molar-refractivity contribution in [2.24, 2.45) is 0 Å². The summed E-state index contributed by atoms with van der Waals surface area (Å²) in [5.41, 5.74) is 2.08. The number of Topliss-reactive ketones (excluding diaryl/α,β-unsaturated/α-hetero) is 1. The van der Waals surface area contributed by atoms with Crippen molar-refractivity contribution in [2.75, 3.05) is 0 Å². The second-order valence-corrected chi connectivity index (χ2v) is 5.59. The fourth-order valence-electron chi connectivity index (χ4n) is 2.23. The van der Waals surface area contributed by atoms with Crippen LogP contribution in [-0.2, 0) is 16.1 Å². The standard InChI is InChI=1S/C19H19NO5/c1-13-6-5-9-15(10-13)17(21)11-16(18(22)23)20-19(24)25-12-14-7-3-2-4-8-14/h2-10,16H,11-12H2,1H3,(H,20,24)(H,22,23). The van der Waals surface area contributed by atoms with Crippen molar-refractivity contribution in [1.82, 2.24) is 5.32 Å². The first kappa shape index (κ1) is 18.2. The molecule has 0 aliphatic heterocycles. The van der Waals surface area contributed by atoms with Crippen LogP contribution in [0.2, 0.25) is 0 Å². The van der Waals surface area contributed by atoms with E-state index in [-0.39, 0.29) is 18.8 Å². The number of ether oxygens (including phenoxy) is 1. The fourth-order valence-corrected chi connectivity index (χ4v) is 2.23. The van der Waals surface area contributed by atoms with Gasteiger partial charge in [0.05, 0.1) is 0 Å². The Morgan fingerprint density at radius 1 is 1.08 bits per heavy atom. The first-order valence-corrected chi connectivity index (χ1v) is 7.75. The summed E-state index contributed by atoms with van der Waals surface area (Å²) in [5, 5.41) is 11.5. The van der Waals surface area contributed by atoms with Crippen LogP contribution in [-0.4, -0.2) is 29.0 Å². The molecule has 0 aliphatic carbocycles. The number of carbonyl (C=O) groups excluding carboxylic acids is 2. The molecule has 0 aromatic heterocycles. The SMILES string of the molecule is Cc1cccc(C(=O)CC(NC(=O)OCc2ccccc2)C(=O)O)c1. The summed E-state index contributed by atoms with van der Waals surface area (Å²) < 4.78 is 4.99. The molecule has 130 valence electrons. The maximum atomic E-state index is 12.2. The first-order valence-electron chi connectivity index (χ1n) is 7.75. The number of carboxylic acid groups (broad SMARTS) is 1. The van der Waals surface area contributed by atoms with Gasteiger partial charge in [0.2, 0.25) is 0 Å². The number of nitrogens with one attached hydrogen (secondary N) is 1. The zero-order valence-corrected chi connectivity index (χ0v) is 13.8. The molecule has 1 unspecified atom stereocenters. The van der Waals surface area contributed by atoms with E-state index in [9.17, 15) is 19.5 Å². The summed E-state index contributed by atoms with van der Waals surface area (Å²) in [5.74, 6) is -1.66. The molecule has 6 nitrogen and oxygen atoms in total. The summed E-state index contributed by atoms with van der Waals surface area (Å²) >= 11 is 0. The zero-order valence-electron chi connectivity index (χ0n) is 13.8. The molecule has 1 atom stereocenters. The molecule has 1 amide bonds. The third-order valence-corrected chi connectivity index (χ3v) is 3.53. The van der Waals surface area contributed by atoms with Gasteiger partial charge in [-0.3, -0.25) is 4.79 Å². The Bertz CT molecular complexity index is 757. The first-order chi connectivity index (χ1) is 12.0. The van der Waals surface area contributed by atoms with E-state index in [0.717, 1.165) is 11.1 Å². The lowest BCUT2D eigenvalue weighted by atomic mass is 10.0. The number of amides is 1. The largest absolute Gasteiger partial charge is 0.480 e. The highest BCUT2D eigenvalue weighted by molar-refractivity contribution is 5.99. The molecule has 0 saturated heterocycles. The van der Waals surface area contributed by atoms with Gasteiger partial charge in [-0.05, 0) is 18.6 Å². The number of aryl methyl sites for hydroxylation is 1. The number of hydrogen-bond acceptors (Lipinski definition) is 4. The molecule has 0 aliphatic rings. The predicted molar refractivity (Wildman–Crippen MR) is 91.3 cm³/mol. The van der Waals surface area contributed by atoms with Crippen molar-refractivity contribution < 1.29 is 24.2 Å². The van der Waals surface area contributed by atoms with Gasteiger partial charge >= 0.3 is 12.1 Å². The molecule has 2 N–H and O–H groups in total. The Morgan fingerprint density at radius 2 is 1.80 bits per heavy atom. The molecular weight excluding hydrogens is 322 g/mol. The molecule has 0 radical (unpaired) electrons. The summed E-state index contributed by atoms with van der Waals surface area (Å²) in [6.07, 6.45) is -1.23. The van der Waals surface area contributed by atoms with Gasteiger partial charge in [-0.25, -0.2) is 9.59 Å². The van der Waals surface area contributed by atoms with E-state index >= 15 is 0 Å². The minimum atomic E-state index is -1.35. The van der Waals surface area contributed by atoms with E-state index in [1.54, 1.807) is 42.5 Å². The molecule has 2 aromatic rings. The van der Waals surface area contributed by atoms with E-state index < -0.39 is 18.1 Å². The second kappa shape index (κ2) is 8.63. The van der Waals surface area contributed by atoms with E-state index in [0.29, 0.717) is 5.56 Å². The quantitative estimate of drug-likeness (QED) is 0.755. The van der Waals surface area contributed by atoms with Crippen molar-refractivity contribution in [2.45, 2.75) is 26.0 Å². The molecule has 0 spiro atoms. The number of aliphatic carboxylic acids is 1. The van der Waals surface area contributed by atoms with Crippen LogP contribution >= 0.6 is 0 Å². The third-order valence-electron chi connectivity index (χ3n) is 3.53. The van der Waals surface area contributed by atoms with Gasteiger partial charge in [0.1, 0.15) is 12.6 Å². The minimum absolute atomic E-state index is 0.0187. The summed E-state index contributed by atoms with van der Waals surface area (Å²) in [4.78, 5) is 35.3. The van der Waals surface area contributed by atoms with Crippen molar-refractivity contribution >= 4 is 17.8 Å². The normalized spacial score (nSPS) is 11.4. The van der Waals surface area contributed by atoms with E-state index in [1.165, 1.54) is 0 Å². The van der Waals surface area contributed by atoms with E-state index in [1.807, 2.05) is 19.1 Å². The average Bonchev–Trinajstić information content (AvgIpc) is 2.60. The summed E-state index contributed by atoms with van der Waals surface area (Å²) in [6.45, 7) is 1.86. The minimum Gasteiger partial charge on any atom is -0.480 e. The van der Waals surface area contributed by atoms with Gasteiger partial charge in [-0.15, -0.1) is 0 Å². The van der Waals surface area contributed by atoms with Crippen molar-refractivity contribution in [1.29, 1.82) is 0 Å². The highest BCUT2D eigenvalue weighted by atomic mass is 16.5. The number of rotatable bonds is 7. The summed E-state index contributed by atoms with van der Waals surface area (Å²) in [6, 6.07) is 14.5. The smallest absolute Gasteiger partial charge is 0.408 e. The number of alkyl carbamates (subject to hydrolysis) is 1. The number of hydrogen-bond donors (Lipinski definition) is 2. The number of ketones is 1. The number of carboxylic acids is 1. The van der Waals surface area contributed by atoms with Crippen LogP contribution in [0.5, 0.6) is 0 Å². The summed E-state index contributed by atoms with van der Waals surface area (Å²) in [7, 11) is 0. The van der Waals surface area contributed by atoms with E-state index in [2.05, 4.69) is 5.32 Å². The van der Waals surface area contributed by atoms with Gasteiger partial charge in [-0.2, -0.15) is 0 Å². The van der Waals surface area contributed by atoms with E-state index in [4.69, 9.17) is 4.74 Å². The van der Waals surface area contributed by atoms with Gasteiger partial charge in [0.15, 0.2) is 5.78 Å². The average molecular weight is 341 g/mol. The van der Waals surface area contributed by atoms with Gasteiger partial charge in [0, 0.05) is 12.0 Å². The van der Waals surface area contributed by atoms with Gasteiger partial charge < -0.3 is 15.2 Å². The second-order valence-electron chi connectivity index (χ2n) is 5.59. The van der Waals surface area contributed by atoms with Gasteiger partial charge in [0.25, 0.3) is 0 Å². The highest BCUT2D eigenvalue weighted by Gasteiger charge is 2.24. The van der Waals surface area contributed by atoms with Crippen LogP contribution < -0.4 is 5.32 Å². The Morgan fingerprint density at radius 3 is 2.44 bits per heavy atom. The lowest BCUT2D eigenvalue weighted by Gasteiger charge is -2.14. The van der Waals surface area contributed by atoms with Crippen molar-refractivity contribution in [3.05, 3.63) is 71.3 Å². The lowest BCUT2D eigenvalue weighted by molar-refractivity contribution is -0.139. The lowest BCUT2D eigenvalue weighted by Crippen LogP contribution is -2.42. The molecule has 0 fully saturated rings. The van der Waals surface area contributed by atoms with Crippen LogP contribution in [0.3, 0.4) is 0 Å².